The minimum absolute atomic E-state index is 0.272. The Balaban J connectivity index is 2.00. The van der Waals surface area contributed by atoms with E-state index in [4.69, 9.17) is 4.74 Å². The van der Waals surface area contributed by atoms with Crippen LogP contribution in [-0.4, -0.2) is 25.5 Å². The van der Waals surface area contributed by atoms with Crippen molar-refractivity contribution < 1.29 is 22.6 Å². The Hall–Kier alpha value is -2.90. The molecule has 24 heavy (non-hydrogen) atoms. The predicted octanol–water partition coefficient (Wildman–Crippen LogP) is 3.99. The Morgan fingerprint density at radius 1 is 1.17 bits per heavy atom. The highest BCUT2D eigenvalue weighted by Crippen LogP contribution is 2.43. The Kier molecular flexibility index (Phi) is 3.96. The average Bonchev–Trinajstić information content (AvgIpc) is 2.53. The number of pyridine rings is 1. The molecule has 126 valence electrons. The molecular formula is C16H14F3N3O2. The highest BCUT2D eigenvalue weighted by atomic mass is 19.4. The minimum atomic E-state index is -4.71. The topological polar surface area (TPSA) is 46.6 Å². The van der Waals surface area contributed by atoms with Crippen LogP contribution in [0.4, 0.5) is 24.5 Å². The summed E-state index contributed by atoms with van der Waals surface area (Å²) in [5, 5.41) is 3.13. The minimum Gasteiger partial charge on any atom is -0.479 e. The summed E-state index contributed by atoms with van der Waals surface area (Å²) in [7, 11) is 3.38. The predicted molar refractivity (Wildman–Crippen MR) is 84.1 cm³/mol. The molecule has 0 fully saturated rings. The van der Waals surface area contributed by atoms with E-state index in [0.29, 0.717) is 11.4 Å². The number of nitrogens with zero attached hydrogens (tertiary/aromatic N) is 2. The van der Waals surface area contributed by atoms with Crippen LogP contribution >= 0.6 is 0 Å². The zero-order valence-corrected chi connectivity index (χ0v) is 12.9. The van der Waals surface area contributed by atoms with Crippen molar-refractivity contribution in [2.24, 2.45) is 0 Å². The van der Waals surface area contributed by atoms with Crippen molar-refractivity contribution in [3.05, 3.63) is 42.9 Å². The molecule has 8 heteroatoms. The molecule has 1 N–H and O–H groups in total. The summed E-state index contributed by atoms with van der Waals surface area (Å²) in [5.41, 5.74) is 2.94. The molecule has 0 saturated carbocycles. The second-order valence-electron chi connectivity index (χ2n) is 5.05. The first-order valence-electron chi connectivity index (χ1n) is 6.98. The van der Waals surface area contributed by atoms with E-state index in [2.05, 4.69) is 15.0 Å². The Morgan fingerprint density at radius 2 is 1.88 bits per heavy atom. The van der Waals surface area contributed by atoms with Crippen LogP contribution in [0.25, 0.3) is 11.1 Å². The number of rotatable bonds is 3. The van der Waals surface area contributed by atoms with Crippen LogP contribution in [-0.2, 0) is 0 Å². The largest absolute Gasteiger partial charge is 0.573 e. The monoisotopic (exact) mass is 337 g/mol. The van der Waals surface area contributed by atoms with E-state index in [1.54, 1.807) is 24.5 Å². The smallest absolute Gasteiger partial charge is 0.479 e. The van der Waals surface area contributed by atoms with Gasteiger partial charge in [0.05, 0.1) is 12.8 Å². The van der Waals surface area contributed by atoms with Crippen molar-refractivity contribution >= 4 is 11.4 Å². The molecule has 0 bridgehead atoms. The summed E-state index contributed by atoms with van der Waals surface area (Å²) < 4.78 is 45.9. The maximum Gasteiger partial charge on any atom is 0.573 e. The summed E-state index contributed by atoms with van der Waals surface area (Å²) >= 11 is 0. The van der Waals surface area contributed by atoms with Gasteiger partial charge in [-0.2, -0.15) is 0 Å². The van der Waals surface area contributed by atoms with E-state index < -0.39 is 6.36 Å². The van der Waals surface area contributed by atoms with Crippen molar-refractivity contribution in [3.63, 3.8) is 0 Å². The second kappa shape index (κ2) is 5.95. The zero-order chi connectivity index (χ0) is 17.3. The van der Waals surface area contributed by atoms with Gasteiger partial charge >= 0.3 is 6.36 Å². The van der Waals surface area contributed by atoms with Crippen LogP contribution in [0.2, 0.25) is 0 Å². The molecule has 2 heterocycles. The first kappa shape index (κ1) is 16.0. The lowest BCUT2D eigenvalue weighted by Gasteiger charge is -2.26. The molecule has 0 radical (unpaired) electrons. The third-order valence-corrected chi connectivity index (χ3v) is 3.49. The Morgan fingerprint density at radius 3 is 2.50 bits per heavy atom. The number of methoxy groups -OCH3 is 1. The Bertz CT molecular complexity index is 773. The highest BCUT2D eigenvalue weighted by molar-refractivity contribution is 5.91. The molecule has 0 saturated heterocycles. The van der Waals surface area contributed by atoms with Gasteiger partial charge in [-0.1, -0.05) is 12.1 Å². The number of hydrogen-bond acceptors (Lipinski definition) is 5. The molecule has 1 aromatic carbocycles. The van der Waals surface area contributed by atoms with Crippen molar-refractivity contribution in [1.82, 2.24) is 4.98 Å². The van der Waals surface area contributed by atoms with Crippen LogP contribution in [0, 0.1) is 0 Å². The van der Waals surface area contributed by atoms with Gasteiger partial charge in [0.1, 0.15) is 11.4 Å². The number of hydrogen-bond donors (Lipinski definition) is 1. The normalized spacial score (nSPS) is 13.3. The number of anilines is 2. The highest BCUT2D eigenvalue weighted by Gasteiger charge is 2.31. The first-order valence-corrected chi connectivity index (χ1v) is 6.98. The zero-order valence-electron chi connectivity index (χ0n) is 12.9. The lowest BCUT2D eigenvalue weighted by Crippen LogP contribution is -2.17. The van der Waals surface area contributed by atoms with Gasteiger partial charge in [-0.25, -0.2) is 4.98 Å². The SMILES string of the molecule is COc1ncc(-c2ccc(OC(F)(F)F)cc2)c2c1N(C)C=CN2. The van der Waals surface area contributed by atoms with E-state index in [0.717, 1.165) is 16.9 Å². The molecule has 0 spiro atoms. The summed E-state index contributed by atoms with van der Waals surface area (Å²) in [6, 6.07) is 5.62. The van der Waals surface area contributed by atoms with Gasteiger partial charge in [-0.05, 0) is 17.7 Å². The molecule has 0 amide bonds. The van der Waals surface area contributed by atoms with Gasteiger partial charge < -0.3 is 19.7 Å². The second-order valence-corrected chi connectivity index (χ2v) is 5.05. The third kappa shape index (κ3) is 3.08. The van der Waals surface area contributed by atoms with E-state index in [1.165, 1.54) is 19.2 Å². The number of alkyl halides is 3. The van der Waals surface area contributed by atoms with Crippen molar-refractivity contribution in [2.45, 2.75) is 6.36 Å². The number of nitrogens with one attached hydrogen (secondary N) is 1. The van der Waals surface area contributed by atoms with Crippen LogP contribution in [0.1, 0.15) is 0 Å². The van der Waals surface area contributed by atoms with Crippen molar-refractivity contribution in [3.8, 4) is 22.8 Å². The summed E-state index contributed by atoms with van der Waals surface area (Å²) in [6.45, 7) is 0. The van der Waals surface area contributed by atoms with E-state index in [-0.39, 0.29) is 5.75 Å². The fourth-order valence-electron chi connectivity index (χ4n) is 2.47. The molecule has 5 nitrogen and oxygen atoms in total. The number of halogens is 3. The molecule has 3 rings (SSSR count). The fraction of sp³-hybridized carbons (Fsp3) is 0.188. The third-order valence-electron chi connectivity index (χ3n) is 3.49. The van der Waals surface area contributed by atoms with Crippen LogP contribution < -0.4 is 19.7 Å². The maximum atomic E-state index is 12.2. The molecule has 1 aliphatic heterocycles. The molecule has 0 aliphatic carbocycles. The van der Waals surface area contributed by atoms with Gasteiger partial charge in [-0.15, -0.1) is 13.2 Å². The van der Waals surface area contributed by atoms with Crippen molar-refractivity contribution in [2.75, 3.05) is 24.4 Å². The van der Waals surface area contributed by atoms with E-state index in [1.807, 2.05) is 18.1 Å². The lowest BCUT2D eigenvalue weighted by molar-refractivity contribution is -0.274. The maximum absolute atomic E-state index is 12.2. The molecule has 0 atom stereocenters. The molecule has 1 aliphatic rings. The lowest BCUT2D eigenvalue weighted by atomic mass is 10.0. The van der Waals surface area contributed by atoms with Gasteiger partial charge in [-0.3, -0.25) is 0 Å². The van der Waals surface area contributed by atoms with Crippen LogP contribution in [0.3, 0.4) is 0 Å². The summed E-state index contributed by atoms with van der Waals surface area (Å²) in [5.74, 6) is 0.177. The first-order chi connectivity index (χ1) is 11.4. The fourth-order valence-corrected chi connectivity index (χ4v) is 2.47. The summed E-state index contributed by atoms with van der Waals surface area (Å²) in [6.07, 6.45) is 0.470. The van der Waals surface area contributed by atoms with Gasteiger partial charge in [0.25, 0.3) is 0 Å². The van der Waals surface area contributed by atoms with Crippen LogP contribution in [0.15, 0.2) is 42.9 Å². The quantitative estimate of drug-likeness (QED) is 0.918. The summed E-state index contributed by atoms with van der Waals surface area (Å²) in [4.78, 5) is 6.12. The molecule has 0 unspecified atom stereocenters. The average molecular weight is 337 g/mol. The molecule has 1 aromatic heterocycles. The Labute approximate surface area is 136 Å². The number of ether oxygens (including phenoxy) is 2. The van der Waals surface area contributed by atoms with E-state index in [9.17, 15) is 13.2 Å². The van der Waals surface area contributed by atoms with E-state index >= 15 is 0 Å². The van der Waals surface area contributed by atoms with Gasteiger partial charge in [0, 0.05) is 31.2 Å². The standard InChI is InChI=1S/C16H14F3N3O2/c1-22-8-7-20-13-12(9-21-15(23-2)14(13)22)10-3-5-11(6-4-10)24-16(17,18)19/h3-9,20H,1-2H3. The number of aromatic nitrogens is 1. The van der Waals surface area contributed by atoms with Gasteiger partial charge in [0.2, 0.25) is 5.88 Å². The number of benzene rings is 1. The number of fused-ring (bicyclic) bond motifs is 1. The van der Waals surface area contributed by atoms with Crippen molar-refractivity contribution in [1.29, 1.82) is 0 Å². The molecule has 2 aromatic rings. The molecular weight excluding hydrogens is 323 g/mol. The van der Waals surface area contributed by atoms with Crippen LogP contribution in [0.5, 0.6) is 11.6 Å². The van der Waals surface area contributed by atoms with Gasteiger partial charge in [0.15, 0.2) is 0 Å².